The maximum absolute atomic E-state index is 2.24. The number of rotatable bonds is 15. The molecule has 0 aromatic heterocycles. The van der Waals surface area contributed by atoms with Crippen molar-refractivity contribution in [3.8, 4) is 0 Å². The highest BCUT2D eigenvalue weighted by molar-refractivity contribution is 5.12. The molecule has 0 atom stereocenters. The van der Waals surface area contributed by atoms with E-state index in [0.717, 1.165) is 19.3 Å². The minimum Gasteiger partial charge on any atom is -0.331 e. The lowest BCUT2D eigenvalue weighted by Gasteiger charge is -2.07. The zero-order valence-corrected chi connectivity index (χ0v) is 16.7. The van der Waals surface area contributed by atoms with Crippen LogP contribution in [0.4, 0.5) is 0 Å². The normalized spacial score (nSPS) is 13.1. The van der Waals surface area contributed by atoms with Gasteiger partial charge in [-0.15, -0.1) is 0 Å². The fourth-order valence-corrected chi connectivity index (χ4v) is 2.09. The van der Waals surface area contributed by atoms with Crippen molar-refractivity contribution in [2.75, 3.05) is 0 Å². The fraction of sp³-hybridized carbons (Fsp3) is 0.500. The van der Waals surface area contributed by atoms with Gasteiger partial charge in [-0.05, 0) is 37.5 Å². The Morgan fingerprint density at radius 2 is 0.800 bits per heavy atom. The first-order valence-electron chi connectivity index (χ1n) is 10.1. The number of nitrogens with zero attached hydrogens (tertiary/aromatic N) is 1. The van der Waals surface area contributed by atoms with E-state index in [-0.39, 0.29) is 0 Å². The first-order chi connectivity index (χ1) is 12.3. The Hall–Kier alpha value is -1.76. The highest BCUT2D eigenvalue weighted by atomic mass is 15.1. The quantitative estimate of drug-likeness (QED) is 0.215. The largest absolute Gasteiger partial charge is 0.331 e. The molecule has 0 amide bonds. The van der Waals surface area contributed by atoms with E-state index in [1.54, 1.807) is 0 Å². The van der Waals surface area contributed by atoms with E-state index >= 15 is 0 Å². The predicted octanol–water partition coefficient (Wildman–Crippen LogP) is 8.07. The van der Waals surface area contributed by atoms with Gasteiger partial charge in [-0.3, -0.25) is 0 Å². The van der Waals surface area contributed by atoms with Crippen LogP contribution in [0.3, 0.4) is 0 Å². The molecule has 0 saturated heterocycles. The monoisotopic (exact) mass is 341 g/mol. The van der Waals surface area contributed by atoms with Crippen LogP contribution in [-0.4, -0.2) is 4.90 Å². The second kappa shape index (κ2) is 20.3. The van der Waals surface area contributed by atoms with Gasteiger partial charge in [0.25, 0.3) is 0 Å². The average molecular weight is 342 g/mol. The van der Waals surface area contributed by atoms with Gasteiger partial charge in [0.2, 0.25) is 0 Å². The summed E-state index contributed by atoms with van der Waals surface area (Å²) in [4.78, 5) is 2.10. The van der Waals surface area contributed by atoms with E-state index < -0.39 is 0 Å². The van der Waals surface area contributed by atoms with Crippen molar-refractivity contribution in [2.24, 2.45) is 0 Å². The topological polar surface area (TPSA) is 3.24 Å². The predicted molar refractivity (Wildman–Crippen MR) is 115 cm³/mol. The molecule has 0 aliphatic rings. The molecule has 0 fully saturated rings. The van der Waals surface area contributed by atoms with Crippen molar-refractivity contribution in [1.29, 1.82) is 0 Å². The summed E-state index contributed by atoms with van der Waals surface area (Å²) in [6.45, 7) is 6.68. The molecule has 0 unspecified atom stereocenters. The molecule has 0 heterocycles. The Balaban J connectivity index is 4.52. The van der Waals surface area contributed by atoms with Crippen molar-refractivity contribution < 1.29 is 0 Å². The van der Waals surface area contributed by atoms with E-state index in [1.165, 1.54) is 38.5 Å². The van der Waals surface area contributed by atoms with Crippen LogP contribution in [0.5, 0.6) is 0 Å². The molecule has 0 aliphatic heterocycles. The standard InChI is InChI=1S/C24H39N/c1-4-7-10-13-16-19-22-25(23-20-17-14-11-8-5-2)24-21-18-15-12-9-6-3/h13-24H,4-12H2,1-3H3/b16-13+,17-14+,18-15+,22-19+,23-20+,24-21+. The molecule has 140 valence electrons. The average Bonchev–Trinajstić information content (AvgIpc) is 2.63. The van der Waals surface area contributed by atoms with E-state index in [0.29, 0.717) is 0 Å². The smallest absolute Gasteiger partial charge is 0.00818 e. The summed E-state index contributed by atoms with van der Waals surface area (Å²) in [5.41, 5.74) is 0. The van der Waals surface area contributed by atoms with Gasteiger partial charge >= 0.3 is 0 Å². The maximum Gasteiger partial charge on any atom is 0.00818 e. The molecular formula is C24H39N. The summed E-state index contributed by atoms with van der Waals surface area (Å²) in [6.07, 6.45) is 36.7. The Labute approximate surface area is 157 Å². The van der Waals surface area contributed by atoms with Crippen LogP contribution in [0.15, 0.2) is 73.3 Å². The van der Waals surface area contributed by atoms with E-state index in [1.807, 2.05) is 0 Å². The van der Waals surface area contributed by atoms with Gasteiger partial charge in [-0.1, -0.05) is 95.8 Å². The Morgan fingerprint density at radius 3 is 1.08 bits per heavy atom. The summed E-state index contributed by atoms with van der Waals surface area (Å²) < 4.78 is 0. The van der Waals surface area contributed by atoms with Crippen LogP contribution >= 0.6 is 0 Å². The molecule has 1 nitrogen and oxygen atoms in total. The third kappa shape index (κ3) is 18.4. The van der Waals surface area contributed by atoms with E-state index in [4.69, 9.17) is 0 Å². The first-order valence-corrected chi connectivity index (χ1v) is 10.1. The van der Waals surface area contributed by atoms with Gasteiger partial charge in [0.1, 0.15) is 0 Å². The third-order valence-corrected chi connectivity index (χ3v) is 3.69. The Bertz CT molecular complexity index is 368. The molecule has 0 aromatic rings. The minimum absolute atomic E-state index is 1.16. The molecule has 0 aliphatic carbocycles. The van der Waals surface area contributed by atoms with Crippen molar-refractivity contribution in [3.63, 3.8) is 0 Å². The van der Waals surface area contributed by atoms with Gasteiger partial charge in [-0.2, -0.15) is 0 Å². The minimum atomic E-state index is 1.16. The van der Waals surface area contributed by atoms with Gasteiger partial charge in [-0.25, -0.2) is 0 Å². The van der Waals surface area contributed by atoms with Crippen LogP contribution in [0.2, 0.25) is 0 Å². The lowest BCUT2D eigenvalue weighted by Crippen LogP contribution is -1.97. The number of hydrogen-bond acceptors (Lipinski definition) is 1. The van der Waals surface area contributed by atoms with Crippen LogP contribution in [0.1, 0.15) is 78.6 Å². The van der Waals surface area contributed by atoms with Crippen LogP contribution in [0, 0.1) is 0 Å². The second-order valence-electron chi connectivity index (χ2n) is 6.18. The molecule has 0 bridgehead atoms. The highest BCUT2D eigenvalue weighted by Crippen LogP contribution is 2.00. The van der Waals surface area contributed by atoms with Gasteiger partial charge in [0.05, 0.1) is 0 Å². The highest BCUT2D eigenvalue weighted by Gasteiger charge is 1.85. The fourth-order valence-electron chi connectivity index (χ4n) is 2.09. The van der Waals surface area contributed by atoms with Crippen LogP contribution in [0.25, 0.3) is 0 Å². The SMILES string of the molecule is CCCC/C=C/C=C/N(/C=C/C=C/CCCC)/C=C/C=C/CCCC. The van der Waals surface area contributed by atoms with Crippen molar-refractivity contribution in [3.05, 3.63) is 73.3 Å². The second-order valence-corrected chi connectivity index (χ2v) is 6.18. The first kappa shape index (κ1) is 23.2. The zero-order valence-electron chi connectivity index (χ0n) is 16.7. The molecule has 0 saturated carbocycles. The zero-order chi connectivity index (χ0) is 18.4. The number of unbranched alkanes of at least 4 members (excludes halogenated alkanes) is 6. The van der Waals surface area contributed by atoms with E-state index in [2.05, 4.69) is 99.0 Å². The molecule has 0 spiro atoms. The lowest BCUT2D eigenvalue weighted by molar-refractivity contribution is 0.692. The van der Waals surface area contributed by atoms with Crippen molar-refractivity contribution >= 4 is 0 Å². The van der Waals surface area contributed by atoms with Crippen LogP contribution in [-0.2, 0) is 0 Å². The third-order valence-electron chi connectivity index (χ3n) is 3.69. The Morgan fingerprint density at radius 1 is 0.480 bits per heavy atom. The molecule has 25 heavy (non-hydrogen) atoms. The summed E-state index contributed by atoms with van der Waals surface area (Å²) >= 11 is 0. The van der Waals surface area contributed by atoms with Crippen LogP contribution < -0.4 is 0 Å². The van der Waals surface area contributed by atoms with E-state index in [9.17, 15) is 0 Å². The number of hydrogen-bond donors (Lipinski definition) is 0. The Kier molecular flexibility index (Phi) is 18.9. The molecule has 1 heteroatoms. The van der Waals surface area contributed by atoms with Gasteiger partial charge in [0, 0.05) is 18.6 Å². The number of allylic oxidation sites excluding steroid dienone is 9. The maximum atomic E-state index is 2.24. The molecule has 0 radical (unpaired) electrons. The van der Waals surface area contributed by atoms with Gasteiger partial charge in [0.15, 0.2) is 0 Å². The molecule has 0 aromatic carbocycles. The summed E-state index contributed by atoms with van der Waals surface area (Å²) in [7, 11) is 0. The van der Waals surface area contributed by atoms with Crippen molar-refractivity contribution in [2.45, 2.75) is 78.6 Å². The summed E-state index contributed by atoms with van der Waals surface area (Å²) in [5, 5.41) is 0. The summed E-state index contributed by atoms with van der Waals surface area (Å²) in [6, 6.07) is 0. The molecule has 0 rings (SSSR count). The molecular weight excluding hydrogens is 302 g/mol. The lowest BCUT2D eigenvalue weighted by atomic mass is 10.2. The summed E-state index contributed by atoms with van der Waals surface area (Å²) in [5.74, 6) is 0. The molecule has 0 N–H and O–H groups in total. The van der Waals surface area contributed by atoms with Crippen molar-refractivity contribution in [1.82, 2.24) is 4.90 Å². The van der Waals surface area contributed by atoms with Gasteiger partial charge < -0.3 is 4.90 Å².